The second-order valence-electron chi connectivity index (χ2n) is 5.04. The molecule has 128 valence electrons. The molecule has 2 N–H and O–H groups in total. The molecule has 0 aliphatic heterocycles. The van der Waals surface area contributed by atoms with Crippen LogP contribution in [0.4, 0.5) is 11.4 Å². The van der Waals surface area contributed by atoms with Gasteiger partial charge in [-0.1, -0.05) is 12.1 Å². The molecule has 0 unspecified atom stereocenters. The van der Waals surface area contributed by atoms with Crippen molar-refractivity contribution in [3.05, 3.63) is 64.5 Å². The Kier molecular flexibility index (Phi) is 5.88. The Bertz CT molecular complexity index is 820. The molecular formula is C16H15N5O4. The summed E-state index contributed by atoms with van der Waals surface area (Å²) in [6.07, 6.45) is 1.41. The van der Waals surface area contributed by atoms with Crippen LogP contribution in [0.25, 0.3) is 0 Å². The highest BCUT2D eigenvalue weighted by molar-refractivity contribution is 6.06. The summed E-state index contributed by atoms with van der Waals surface area (Å²) in [7, 11) is 0. The van der Waals surface area contributed by atoms with E-state index in [2.05, 4.69) is 20.8 Å². The first-order valence-corrected chi connectivity index (χ1v) is 7.24. The van der Waals surface area contributed by atoms with E-state index in [1.165, 1.54) is 30.5 Å². The zero-order valence-electron chi connectivity index (χ0n) is 13.3. The third-order valence-corrected chi connectivity index (χ3v) is 3.00. The SMILES string of the molecule is C/C(CC(=O)Nc1cccc([N+](=O)[O-])c1)=N/NC(=O)c1ccccn1. The summed E-state index contributed by atoms with van der Waals surface area (Å²) in [5.74, 6) is -0.895. The van der Waals surface area contributed by atoms with Gasteiger partial charge in [0.15, 0.2) is 0 Å². The van der Waals surface area contributed by atoms with E-state index in [0.29, 0.717) is 11.4 Å². The molecule has 1 heterocycles. The molecule has 2 aromatic rings. The molecule has 9 heteroatoms. The standard InChI is InChI=1S/C16H15N5O4/c1-11(19-20-16(23)14-7-2-3-8-17-14)9-15(22)18-12-5-4-6-13(10-12)21(24)25/h2-8,10H,9H2,1H3,(H,18,22)(H,20,23)/b19-11-. The van der Waals surface area contributed by atoms with Gasteiger partial charge in [-0.25, -0.2) is 5.43 Å². The predicted molar refractivity (Wildman–Crippen MR) is 91.2 cm³/mol. The number of anilines is 1. The maximum Gasteiger partial charge on any atom is 0.289 e. The summed E-state index contributed by atoms with van der Waals surface area (Å²) in [5, 5.41) is 17.1. The minimum Gasteiger partial charge on any atom is -0.326 e. The Hall–Kier alpha value is -3.62. The number of hydrogen-bond acceptors (Lipinski definition) is 6. The van der Waals surface area contributed by atoms with Crippen molar-refractivity contribution >= 4 is 28.9 Å². The highest BCUT2D eigenvalue weighted by Crippen LogP contribution is 2.17. The molecule has 25 heavy (non-hydrogen) atoms. The Morgan fingerprint density at radius 1 is 1.24 bits per heavy atom. The van der Waals surface area contributed by atoms with Gasteiger partial charge < -0.3 is 5.32 Å². The molecule has 2 amide bonds. The van der Waals surface area contributed by atoms with E-state index in [0.717, 1.165) is 0 Å². The minimum atomic E-state index is -0.546. The molecule has 0 aliphatic carbocycles. The van der Waals surface area contributed by atoms with Gasteiger partial charge in [0, 0.05) is 29.7 Å². The van der Waals surface area contributed by atoms with Gasteiger partial charge in [0.25, 0.3) is 11.6 Å². The topological polar surface area (TPSA) is 127 Å². The summed E-state index contributed by atoms with van der Waals surface area (Å²) in [5.41, 5.74) is 3.08. The first kappa shape index (κ1) is 17.7. The number of hydrazone groups is 1. The van der Waals surface area contributed by atoms with Gasteiger partial charge in [-0.2, -0.15) is 5.10 Å². The van der Waals surface area contributed by atoms with Gasteiger partial charge in [-0.05, 0) is 25.1 Å². The number of carbonyl (C=O) groups is 2. The van der Waals surface area contributed by atoms with Crippen molar-refractivity contribution in [1.82, 2.24) is 10.4 Å². The summed E-state index contributed by atoms with van der Waals surface area (Å²) in [4.78, 5) is 37.8. The summed E-state index contributed by atoms with van der Waals surface area (Å²) < 4.78 is 0. The Labute approximate surface area is 142 Å². The van der Waals surface area contributed by atoms with Gasteiger partial charge in [0.05, 0.1) is 11.3 Å². The molecule has 0 aliphatic rings. The molecular weight excluding hydrogens is 326 g/mol. The molecule has 0 bridgehead atoms. The molecule has 2 rings (SSSR count). The fourth-order valence-corrected chi connectivity index (χ4v) is 1.87. The third kappa shape index (κ3) is 5.50. The molecule has 0 saturated carbocycles. The smallest absolute Gasteiger partial charge is 0.289 e. The van der Waals surface area contributed by atoms with Crippen LogP contribution >= 0.6 is 0 Å². The number of carbonyl (C=O) groups excluding carboxylic acids is 2. The van der Waals surface area contributed by atoms with Crippen molar-refractivity contribution in [2.75, 3.05) is 5.32 Å². The monoisotopic (exact) mass is 341 g/mol. The Morgan fingerprint density at radius 3 is 2.72 bits per heavy atom. The van der Waals surface area contributed by atoms with Crippen LogP contribution < -0.4 is 10.7 Å². The molecule has 1 aromatic heterocycles. The average Bonchev–Trinajstić information content (AvgIpc) is 2.60. The second-order valence-corrected chi connectivity index (χ2v) is 5.04. The zero-order valence-corrected chi connectivity index (χ0v) is 13.3. The number of rotatable bonds is 6. The second kappa shape index (κ2) is 8.29. The van der Waals surface area contributed by atoms with E-state index in [4.69, 9.17) is 0 Å². The number of aromatic nitrogens is 1. The third-order valence-electron chi connectivity index (χ3n) is 3.00. The normalized spacial score (nSPS) is 10.8. The van der Waals surface area contributed by atoms with Crippen molar-refractivity contribution in [3.63, 3.8) is 0 Å². The summed E-state index contributed by atoms with van der Waals surface area (Å²) >= 11 is 0. The fourth-order valence-electron chi connectivity index (χ4n) is 1.87. The molecule has 0 atom stereocenters. The number of pyridine rings is 1. The quantitative estimate of drug-likeness (QED) is 0.473. The van der Waals surface area contributed by atoms with Crippen molar-refractivity contribution in [2.45, 2.75) is 13.3 Å². The molecule has 0 saturated heterocycles. The van der Waals surface area contributed by atoms with Crippen molar-refractivity contribution in [1.29, 1.82) is 0 Å². The lowest BCUT2D eigenvalue weighted by Gasteiger charge is -2.05. The van der Waals surface area contributed by atoms with Crippen LogP contribution in [-0.4, -0.2) is 27.4 Å². The number of amides is 2. The first-order chi connectivity index (χ1) is 12.0. The summed E-state index contributed by atoms with van der Waals surface area (Å²) in [6, 6.07) is 10.5. The number of nitrogens with one attached hydrogen (secondary N) is 2. The lowest BCUT2D eigenvalue weighted by Crippen LogP contribution is -2.22. The number of nitro benzene ring substituents is 1. The number of nitro groups is 1. The average molecular weight is 341 g/mol. The van der Waals surface area contributed by atoms with Gasteiger partial charge in [0.1, 0.15) is 5.69 Å². The van der Waals surface area contributed by atoms with E-state index in [1.807, 2.05) is 0 Å². The molecule has 0 radical (unpaired) electrons. The molecule has 0 fully saturated rings. The zero-order chi connectivity index (χ0) is 18.2. The van der Waals surface area contributed by atoms with E-state index >= 15 is 0 Å². The van der Waals surface area contributed by atoms with E-state index in [1.54, 1.807) is 25.1 Å². The van der Waals surface area contributed by atoms with Gasteiger partial charge in [-0.3, -0.25) is 24.7 Å². The van der Waals surface area contributed by atoms with E-state index in [9.17, 15) is 19.7 Å². The number of benzene rings is 1. The van der Waals surface area contributed by atoms with Crippen LogP contribution in [-0.2, 0) is 4.79 Å². The van der Waals surface area contributed by atoms with Crippen molar-refractivity contribution < 1.29 is 14.5 Å². The minimum absolute atomic E-state index is 0.0782. The highest BCUT2D eigenvalue weighted by Gasteiger charge is 2.10. The maximum atomic E-state index is 11.9. The van der Waals surface area contributed by atoms with Gasteiger partial charge >= 0.3 is 0 Å². The Morgan fingerprint density at radius 2 is 2.04 bits per heavy atom. The summed E-state index contributed by atoms with van der Waals surface area (Å²) in [6.45, 7) is 1.58. The first-order valence-electron chi connectivity index (χ1n) is 7.24. The molecule has 0 spiro atoms. The largest absolute Gasteiger partial charge is 0.326 e. The van der Waals surface area contributed by atoms with Crippen LogP contribution in [0.2, 0.25) is 0 Å². The van der Waals surface area contributed by atoms with Gasteiger partial charge in [-0.15, -0.1) is 0 Å². The van der Waals surface area contributed by atoms with Crippen LogP contribution in [0.15, 0.2) is 53.8 Å². The van der Waals surface area contributed by atoms with Crippen molar-refractivity contribution in [3.8, 4) is 0 Å². The van der Waals surface area contributed by atoms with Crippen LogP contribution in [0.5, 0.6) is 0 Å². The van der Waals surface area contributed by atoms with Crippen LogP contribution in [0, 0.1) is 10.1 Å². The van der Waals surface area contributed by atoms with Crippen LogP contribution in [0.3, 0.4) is 0 Å². The fraction of sp³-hybridized carbons (Fsp3) is 0.125. The van der Waals surface area contributed by atoms with Gasteiger partial charge in [0.2, 0.25) is 5.91 Å². The van der Waals surface area contributed by atoms with Crippen molar-refractivity contribution in [2.24, 2.45) is 5.10 Å². The highest BCUT2D eigenvalue weighted by atomic mass is 16.6. The lowest BCUT2D eigenvalue weighted by atomic mass is 10.2. The molecule has 1 aromatic carbocycles. The predicted octanol–water partition coefficient (Wildman–Crippen LogP) is 2.12. The number of hydrogen-bond donors (Lipinski definition) is 2. The van der Waals surface area contributed by atoms with Crippen LogP contribution in [0.1, 0.15) is 23.8 Å². The van der Waals surface area contributed by atoms with E-state index in [-0.39, 0.29) is 17.8 Å². The van der Waals surface area contributed by atoms with E-state index < -0.39 is 16.7 Å². The Balaban J connectivity index is 1.90. The lowest BCUT2D eigenvalue weighted by molar-refractivity contribution is -0.384. The molecule has 9 nitrogen and oxygen atoms in total. The number of nitrogens with zero attached hydrogens (tertiary/aromatic N) is 3. The maximum absolute atomic E-state index is 11.9. The number of non-ortho nitro benzene ring substituents is 1.